The quantitative estimate of drug-likeness (QED) is 0.159. The number of fused-ring (bicyclic) bond motifs is 8. The van der Waals surface area contributed by atoms with Crippen molar-refractivity contribution in [1.82, 2.24) is 0 Å². The maximum Gasteiger partial charge on any atom is 0.118 e. The average Bonchev–Trinajstić information content (AvgIpc) is 3.64. The molecule has 1 heteroatoms. The van der Waals surface area contributed by atoms with Gasteiger partial charge in [-0.1, -0.05) is 173 Å². The minimum absolute atomic E-state index is 0.0282. The number of rotatable bonds is 5. The van der Waals surface area contributed by atoms with Gasteiger partial charge in [-0.2, -0.15) is 0 Å². The standard InChI is InChI=1S/C57H44O/c1-56(2)50-17-11-10-12-42(50)43-29-24-38(32-51(43)56)39-25-30-44-45-31-26-40(34-53(45)57(3,4)52(44)33-39)55-48-15-8-6-13-46(48)54(47-14-7-9-16-49(47)55)37-20-18-35(19-21-37)36-22-27-41(58-5)28-23-36/h6-34H,1-5H3. The molecular formula is C57H44O. The van der Waals surface area contributed by atoms with E-state index in [-0.39, 0.29) is 10.8 Å². The highest BCUT2D eigenvalue weighted by molar-refractivity contribution is 6.21. The van der Waals surface area contributed by atoms with Gasteiger partial charge in [-0.15, -0.1) is 0 Å². The maximum atomic E-state index is 5.40. The number of methoxy groups -OCH3 is 1. The van der Waals surface area contributed by atoms with Gasteiger partial charge in [-0.05, 0) is 141 Å². The zero-order valence-corrected chi connectivity index (χ0v) is 33.7. The molecule has 2 aliphatic carbocycles. The SMILES string of the molecule is COc1ccc(-c2ccc(-c3c4ccccc4c(-c4ccc5c(c4)C(C)(C)c4cc(-c6ccc7c(c6)C(C)(C)c6ccccc6-7)ccc4-5)c4ccccc34)cc2)cc1. The molecule has 58 heavy (non-hydrogen) atoms. The highest BCUT2D eigenvalue weighted by Crippen LogP contribution is 2.53. The third-order valence-electron chi connectivity index (χ3n) is 13.4. The van der Waals surface area contributed by atoms with Crippen molar-refractivity contribution in [2.75, 3.05) is 7.11 Å². The molecular weight excluding hydrogens is 701 g/mol. The number of benzene rings is 9. The summed E-state index contributed by atoms with van der Waals surface area (Å²) in [4.78, 5) is 0. The van der Waals surface area contributed by atoms with Crippen LogP contribution in [0.1, 0.15) is 49.9 Å². The van der Waals surface area contributed by atoms with Gasteiger partial charge < -0.3 is 4.74 Å². The Morgan fingerprint density at radius 3 is 1.16 bits per heavy atom. The summed E-state index contributed by atoms with van der Waals surface area (Å²) in [5.74, 6) is 0.867. The predicted octanol–water partition coefficient (Wildman–Crippen LogP) is 15.3. The molecule has 0 N–H and O–H groups in total. The summed E-state index contributed by atoms with van der Waals surface area (Å²) in [6.45, 7) is 9.54. The highest BCUT2D eigenvalue weighted by Gasteiger charge is 2.37. The molecule has 1 nitrogen and oxygen atoms in total. The van der Waals surface area contributed by atoms with Crippen molar-refractivity contribution in [2.24, 2.45) is 0 Å². The molecule has 9 aromatic rings. The van der Waals surface area contributed by atoms with E-state index in [1.807, 2.05) is 12.1 Å². The van der Waals surface area contributed by atoms with Crippen LogP contribution in [0.15, 0.2) is 176 Å². The molecule has 0 heterocycles. The van der Waals surface area contributed by atoms with Gasteiger partial charge in [0.2, 0.25) is 0 Å². The topological polar surface area (TPSA) is 9.23 Å². The van der Waals surface area contributed by atoms with Crippen molar-refractivity contribution in [1.29, 1.82) is 0 Å². The Labute approximate surface area is 341 Å². The van der Waals surface area contributed by atoms with Crippen LogP contribution in [0.3, 0.4) is 0 Å². The fourth-order valence-electron chi connectivity index (χ4n) is 10.3. The lowest BCUT2D eigenvalue weighted by Crippen LogP contribution is -2.15. The van der Waals surface area contributed by atoms with E-state index in [0.29, 0.717) is 0 Å². The van der Waals surface area contributed by atoms with Crippen LogP contribution in [0.4, 0.5) is 0 Å². The molecule has 0 radical (unpaired) electrons. The van der Waals surface area contributed by atoms with E-state index in [0.717, 1.165) is 5.75 Å². The Balaban J connectivity index is 1.00. The van der Waals surface area contributed by atoms with Crippen LogP contribution in [-0.2, 0) is 10.8 Å². The van der Waals surface area contributed by atoms with Crippen LogP contribution < -0.4 is 4.74 Å². The van der Waals surface area contributed by atoms with Crippen LogP contribution in [0.5, 0.6) is 5.75 Å². The number of hydrogen-bond acceptors (Lipinski definition) is 1. The molecule has 0 saturated carbocycles. The van der Waals surface area contributed by atoms with Gasteiger partial charge in [-0.25, -0.2) is 0 Å². The smallest absolute Gasteiger partial charge is 0.118 e. The summed E-state index contributed by atoms with van der Waals surface area (Å²) in [6.07, 6.45) is 0. The second kappa shape index (κ2) is 12.7. The maximum absolute atomic E-state index is 5.40. The molecule has 0 amide bonds. The zero-order chi connectivity index (χ0) is 39.3. The Morgan fingerprint density at radius 1 is 0.310 bits per heavy atom. The van der Waals surface area contributed by atoms with Gasteiger partial charge in [0.25, 0.3) is 0 Å². The zero-order valence-electron chi connectivity index (χ0n) is 33.7. The molecule has 0 fully saturated rings. The summed E-state index contributed by atoms with van der Waals surface area (Å²) in [5.41, 5.74) is 20.8. The average molecular weight is 745 g/mol. The van der Waals surface area contributed by atoms with Crippen molar-refractivity contribution in [3.05, 3.63) is 198 Å². The van der Waals surface area contributed by atoms with E-state index < -0.39 is 0 Å². The lowest BCUT2D eigenvalue weighted by molar-refractivity contribution is 0.415. The van der Waals surface area contributed by atoms with E-state index in [4.69, 9.17) is 4.74 Å². The summed E-state index contributed by atoms with van der Waals surface area (Å²) in [5, 5.41) is 5.07. The fraction of sp³-hybridized carbons (Fsp3) is 0.123. The summed E-state index contributed by atoms with van der Waals surface area (Å²) >= 11 is 0. The van der Waals surface area contributed by atoms with Crippen molar-refractivity contribution in [2.45, 2.75) is 38.5 Å². The van der Waals surface area contributed by atoms with Gasteiger partial charge in [0.15, 0.2) is 0 Å². The minimum Gasteiger partial charge on any atom is -0.497 e. The monoisotopic (exact) mass is 744 g/mol. The van der Waals surface area contributed by atoms with Gasteiger partial charge in [-0.3, -0.25) is 0 Å². The molecule has 0 bridgehead atoms. The fourth-order valence-corrected chi connectivity index (χ4v) is 10.3. The van der Waals surface area contributed by atoms with Crippen molar-refractivity contribution in [3.8, 4) is 72.5 Å². The van der Waals surface area contributed by atoms with Crippen LogP contribution in [-0.4, -0.2) is 7.11 Å². The first-order valence-corrected chi connectivity index (χ1v) is 20.5. The minimum atomic E-state index is -0.167. The summed E-state index contributed by atoms with van der Waals surface area (Å²) in [6, 6.07) is 65.6. The first kappa shape index (κ1) is 34.5. The molecule has 9 aromatic carbocycles. The van der Waals surface area contributed by atoms with Crippen LogP contribution >= 0.6 is 0 Å². The Morgan fingerprint density at radius 2 is 0.655 bits per heavy atom. The molecule has 0 unspecified atom stereocenters. The van der Waals surface area contributed by atoms with Gasteiger partial charge in [0.1, 0.15) is 5.75 Å². The van der Waals surface area contributed by atoms with Gasteiger partial charge in [0, 0.05) is 10.8 Å². The summed E-state index contributed by atoms with van der Waals surface area (Å²) in [7, 11) is 1.71. The van der Waals surface area contributed by atoms with Gasteiger partial charge in [0.05, 0.1) is 7.11 Å². The molecule has 278 valence electrons. The van der Waals surface area contributed by atoms with E-state index in [1.165, 1.54) is 111 Å². The molecule has 0 spiro atoms. The first-order chi connectivity index (χ1) is 28.2. The Hall–Kier alpha value is -6.70. The Kier molecular flexibility index (Phi) is 7.53. The van der Waals surface area contributed by atoms with E-state index in [1.54, 1.807) is 7.11 Å². The summed E-state index contributed by atoms with van der Waals surface area (Å²) < 4.78 is 5.40. The number of hydrogen-bond donors (Lipinski definition) is 0. The molecule has 0 atom stereocenters. The number of ether oxygens (including phenoxy) is 1. The third-order valence-corrected chi connectivity index (χ3v) is 13.4. The lowest BCUT2D eigenvalue weighted by Gasteiger charge is -2.24. The Bertz CT molecular complexity index is 3070. The third kappa shape index (κ3) is 5.02. The van der Waals surface area contributed by atoms with Crippen molar-refractivity contribution >= 4 is 21.5 Å². The molecule has 0 saturated heterocycles. The lowest BCUT2D eigenvalue weighted by atomic mass is 9.79. The van der Waals surface area contributed by atoms with Crippen molar-refractivity contribution in [3.63, 3.8) is 0 Å². The van der Waals surface area contributed by atoms with Gasteiger partial charge >= 0.3 is 0 Å². The molecule has 0 aromatic heterocycles. The van der Waals surface area contributed by atoms with Crippen LogP contribution in [0.2, 0.25) is 0 Å². The van der Waals surface area contributed by atoms with E-state index in [2.05, 4.69) is 191 Å². The molecule has 0 aliphatic heterocycles. The highest BCUT2D eigenvalue weighted by atomic mass is 16.5. The van der Waals surface area contributed by atoms with Crippen molar-refractivity contribution < 1.29 is 4.74 Å². The second-order valence-corrected chi connectivity index (χ2v) is 17.2. The second-order valence-electron chi connectivity index (χ2n) is 17.2. The van der Waals surface area contributed by atoms with Crippen LogP contribution in [0, 0.1) is 0 Å². The van der Waals surface area contributed by atoms with E-state index in [9.17, 15) is 0 Å². The van der Waals surface area contributed by atoms with E-state index >= 15 is 0 Å². The molecule has 11 rings (SSSR count). The normalized spacial score (nSPS) is 14.2. The first-order valence-electron chi connectivity index (χ1n) is 20.5. The molecule has 2 aliphatic rings. The predicted molar refractivity (Wildman–Crippen MR) is 245 cm³/mol. The van der Waals surface area contributed by atoms with Crippen LogP contribution in [0.25, 0.3) is 88.3 Å². The largest absolute Gasteiger partial charge is 0.497 e.